The highest BCUT2D eigenvalue weighted by molar-refractivity contribution is 5.95. The summed E-state index contributed by atoms with van der Waals surface area (Å²) in [5, 5.41) is 1.08. The summed E-state index contributed by atoms with van der Waals surface area (Å²) in [6.45, 7) is 0. The fourth-order valence-electron chi connectivity index (χ4n) is 4.26. The molecule has 2 aliphatic carbocycles. The molecule has 1 atom stereocenters. The summed E-state index contributed by atoms with van der Waals surface area (Å²) < 4.78 is 15.9. The first-order valence-electron chi connectivity index (χ1n) is 9.80. The topological polar surface area (TPSA) is 49.7 Å². The molecular formula is C22H24FN5. The van der Waals surface area contributed by atoms with Gasteiger partial charge in [-0.15, -0.1) is 0 Å². The minimum atomic E-state index is -0.904. The molecule has 1 unspecified atom stereocenters. The van der Waals surface area contributed by atoms with Gasteiger partial charge in [0.05, 0.1) is 17.7 Å². The molecule has 0 radical (unpaired) electrons. The largest absolute Gasteiger partial charge is 0.346 e. The van der Waals surface area contributed by atoms with E-state index < -0.39 is 6.17 Å². The number of allylic oxidation sites excluding steroid dienone is 4. The van der Waals surface area contributed by atoms with Crippen molar-refractivity contribution in [2.45, 2.75) is 37.5 Å². The molecule has 2 aliphatic rings. The number of nitrogens with one attached hydrogen (secondary N) is 1. The first-order valence-corrected chi connectivity index (χ1v) is 9.80. The number of H-pyrrole nitrogens is 1. The van der Waals surface area contributed by atoms with Crippen LogP contribution in [0.5, 0.6) is 0 Å². The molecule has 1 N–H and O–H groups in total. The Morgan fingerprint density at radius 2 is 2.07 bits per heavy atom. The van der Waals surface area contributed by atoms with Gasteiger partial charge in [-0.3, -0.25) is 0 Å². The summed E-state index contributed by atoms with van der Waals surface area (Å²) >= 11 is 0. The van der Waals surface area contributed by atoms with E-state index >= 15 is 0 Å². The van der Waals surface area contributed by atoms with Crippen molar-refractivity contribution in [3.8, 4) is 11.3 Å². The minimum absolute atomic E-state index is 0.403. The van der Waals surface area contributed by atoms with Crippen molar-refractivity contribution in [1.29, 1.82) is 0 Å². The number of hydrogen-bond acceptors (Lipinski definition) is 3. The lowest BCUT2D eigenvalue weighted by Crippen LogP contribution is -2.41. The second kappa shape index (κ2) is 6.71. The first kappa shape index (κ1) is 17.4. The lowest BCUT2D eigenvalue weighted by molar-refractivity contribution is 0.130. The van der Waals surface area contributed by atoms with Gasteiger partial charge < -0.3 is 14.5 Å². The van der Waals surface area contributed by atoms with Gasteiger partial charge in [0.2, 0.25) is 0 Å². The summed E-state index contributed by atoms with van der Waals surface area (Å²) in [5.74, 6) is 0. The molecule has 5 rings (SSSR count). The van der Waals surface area contributed by atoms with Crippen molar-refractivity contribution < 1.29 is 4.39 Å². The maximum atomic E-state index is 13.6. The van der Waals surface area contributed by atoms with Gasteiger partial charge in [0.15, 0.2) is 0 Å². The maximum Gasteiger partial charge on any atom is 0.137 e. The number of fused-ring (bicyclic) bond motifs is 1. The summed E-state index contributed by atoms with van der Waals surface area (Å²) in [7, 11) is 4.27. The van der Waals surface area contributed by atoms with Gasteiger partial charge in [-0.2, -0.15) is 0 Å². The number of aromatic nitrogens is 4. The van der Waals surface area contributed by atoms with E-state index in [9.17, 15) is 4.39 Å². The number of aromatic amines is 1. The van der Waals surface area contributed by atoms with Crippen molar-refractivity contribution in [3.63, 3.8) is 0 Å². The zero-order chi connectivity index (χ0) is 19.3. The third kappa shape index (κ3) is 2.79. The molecule has 1 fully saturated rings. The molecule has 5 nitrogen and oxygen atoms in total. The zero-order valence-corrected chi connectivity index (χ0v) is 16.1. The Morgan fingerprint density at radius 1 is 1.21 bits per heavy atom. The monoisotopic (exact) mass is 377 g/mol. The van der Waals surface area contributed by atoms with Crippen LogP contribution in [0.25, 0.3) is 27.9 Å². The van der Waals surface area contributed by atoms with Gasteiger partial charge in [-0.05, 0) is 50.7 Å². The fourth-order valence-corrected chi connectivity index (χ4v) is 4.26. The third-order valence-corrected chi connectivity index (χ3v) is 6.04. The molecule has 144 valence electrons. The van der Waals surface area contributed by atoms with Crippen LogP contribution in [0.2, 0.25) is 0 Å². The van der Waals surface area contributed by atoms with Gasteiger partial charge in [0, 0.05) is 41.8 Å². The predicted octanol–water partition coefficient (Wildman–Crippen LogP) is 4.37. The maximum absolute atomic E-state index is 13.6. The van der Waals surface area contributed by atoms with Crippen molar-refractivity contribution >= 4 is 16.6 Å². The van der Waals surface area contributed by atoms with Crippen molar-refractivity contribution in [2.24, 2.45) is 0 Å². The third-order valence-electron chi connectivity index (χ3n) is 6.04. The lowest BCUT2D eigenvalue weighted by Gasteiger charge is -2.41. The van der Waals surface area contributed by atoms with E-state index in [1.54, 1.807) is 6.08 Å². The van der Waals surface area contributed by atoms with Gasteiger partial charge in [0.1, 0.15) is 11.8 Å². The van der Waals surface area contributed by atoms with Crippen LogP contribution in [0, 0.1) is 0 Å². The molecule has 0 aliphatic heterocycles. The molecule has 1 saturated carbocycles. The molecule has 6 heteroatoms. The molecule has 3 aromatic rings. The van der Waals surface area contributed by atoms with Crippen LogP contribution in [-0.4, -0.2) is 50.7 Å². The normalized spacial score (nSPS) is 24.6. The molecule has 0 saturated heterocycles. The molecule has 28 heavy (non-hydrogen) atoms. The summed E-state index contributed by atoms with van der Waals surface area (Å²) in [6.07, 6.45) is 12.9. The highest BCUT2D eigenvalue weighted by Crippen LogP contribution is 2.42. The van der Waals surface area contributed by atoms with Gasteiger partial charge in [0.25, 0.3) is 0 Å². The lowest BCUT2D eigenvalue weighted by atomic mass is 9.85. The summed E-state index contributed by atoms with van der Waals surface area (Å²) in [5.41, 5.74) is 5.00. The van der Waals surface area contributed by atoms with Crippen LogP contribution in [0.3, 0.4) is 0 Å². The Bertz CT molecular complexity index is 1070. The number of hydrogen-bond donors (Lipinski definition) is 1. The predicted molar refractivity (Wildman–Crippen MR) is 110 cm³/mol. The second-order valence-electron chi connectivity index (χ2n) is 7.96. The number of alkyl halides is 1. The minimum Gasteiger partial charge on any atom is -0.346 e. The molecule has 0 bridgehead atoms. The van der Waals surface area contributed by atoms with Gasteiger partial charge in [-0.25, -0.2) is 14.4 Å². The number of pyridine rings is 1. The van der Waals surface area contributed by atoms with E-state index in [0.717, 1.165) is 46.4 Å². The van der Waals surface area contributed by atoms with Crippen LogP contribution in [0.1, 0.15) is 31.0 Å². The molecular weight excluding hydrogens is 353 g/mol. The second-order valence-corrected chi connectivity index (χ2v) is 7.96. The fraction of sp³-hybridized carbons (Fsp3) is 0.364. The molecule has 0 amide bonds. The van der Waals surface area contributed by atoms with Crippen molar-refractivity contribution in [2.75, 3.05) is 14.1 Å². The molecule has 0 aromatic carbocycles. The van der Waals surface area contributed by atoms with Crippen molar-refractivity contribution in [3.05, 3.63) is 54.8 Å². The average Bonchev–Trinajstić information content (AvgIpc) is 3.28. The van der Waals surface area contributed by atoms with Crippen LogP contribution >= 0.6 is 0 Å². The SMILES string of the molecule is CN(C)C1CC(n2cnc(C3=CCC(F)C=C3)c2-c2ccnc3[nH]ccc23)C1. The smallest absolute Gasteiger partial charge is 0.137 e. The van der Waals surface area contributed by atoms with E-state index in [1.165, 1.54) is 0 Å². The Labute approximate surface area is 163 Å². The molecule has 3 aromatic heterocycles. The molecule has 0 spiro atoms. The van der Waals surface area contributed by atoms with Gasteiger partial charge in [-0.1, -0.05) is 12.2 Å². The zero-order valence-electron chi connectivity index (χ0n) is 16.1. The van der Waals surface area contributed by atoms with Crippen LogP contribution in [0.4, 0.5) is 4.39 Å². The Morgan fingerprint density at radius 3 is 2.82 bits per heavy atom. The highest BCUT2D eigenvalue weighted by atomic mass is 19.1. The van der Waals surface area contributed by atoms with Crippen LogP contribution in [-0.2, 0) is 0 Å². The van der Waals surface area contributed by atoms with Crippen LogP contribution < -0.4 is 0 Å². The Balaban J connectivity index is 1.63. The standard InChI is InChI=1S/C22H24FN5/c1-27(2)16-11-17(12-16)28-13-26-20(14-3-5-15(23)6-4-14)21(28)18-7-9-24-22-19(18)8-10-25-22/h3-5,7-10,13,15-17H,6,11-12H2,1-2H3,(H,24,25). The number of rotatable bonds is 4. The quantitative estimate of drug-likeness (QED) is 0.734. The number of halogens is 1. The first-order chi connectivity index (χ1) is 13.6. The Kier molecular flexibility index (Phi) is 4.16. The molecule has 3 heterocycles. The summed E-state index contributed by atoms with van der Waals surface area (Å²) in [6, 6.07) is 5.15. The van der Waals surface area contributed by atoms with E-state index in [0.29, 0.717) is 18.5 Å². The number of imidazole rings is 1. The van der Waals surface area contributed by atoms with Crippen LogP contribution in [0.15, 0.2) is 49.1 Å². The average molecular weight is 377 g/mol. The van der Waals surface area contributed by atoms with E-state index in [4.69, 9.17) is 4.98 Å². The van der Waals surface area contributed by atoms with E-state index in [-0.39, 0.29) is 0 Å². The summed E-state index contributed by atoms with van der Waals surface area (Å²) in [4.78, 5) is 14.7. The van der Waals surface area contributed by atoms with E-state index in [2.05, 4.69) is 45.7 Å². The number of nitrogens with zero attached hydrogens (tertiary/aromatic N) is 4. The highest BCUT2D eigenvalue weighted by Gasteiger charge is 2.34. The van der Waals surface area contributed by atoms with Gasteiger partial charge >= 0.3 is 0 Å². The Hall–Kier alpha value is -2.73. The van der Waals surface area contributed by atoms with E-state index in [1.807, 2.05) is 30.9 Å². The van der Waals surface area contributed by atoms with Crippen molar-refractivity contribution in [1.82, 2.24) is 24.4 Å².